The topological polar surface area (TPSA) is 52.3 Å². The highest BCUT2D eigenvalue weighted by molar-refractivity contribution is 5.91. The van der Waals surface area contributed by atoms with Crippen LogP contribution in [0.1, 0.15) is 35.5 Å². The Bertz CT molecular complexity index is 573. The van der Waals surface area contributed by atoms with Gasteiger partial charge in [-0.3, -0.25) is 0 Å². The Kier molecular flexibility index (Phi) is 4.00. The van der Waals surface area contributed by atoms with E-state index in [2.05, 4.69) is 4.98 Å². The smallest absolute Gasteiger partial charge is 0.339 e. The molecule has 0 saturated carbocycles. The SMILES string of the molecule is CCOC(=O)c1cc(C)c(-c2ccco2)nc1CC. The highest BCUT2D eigenvalue weighted by atomic mass is 16.5. The second kappa shape index (κ2) is 5.69. The van der Waals surface area contributed by atoms with Crippen molar-refractivity contribution in [1.82, 2.24) is 4.98 Å². The second-order valence-corrected chi connectivity index (χ2v) is 4.20. The number of rotatable bonds is 4. The van der Waals surface area contributed by atoms with Gasteiger partial charge in [0.05, 0.1) is 24.1 Å². The van der Waals surface area contributed by atoms with Gasteiger partial charge in [0, 0.05) is 0 Å². The first-order valence-corrected chi connectivity index (χ1v) is 6.38. The van der Waals surface area contributed by atoms with Crippen molar-refractivity contribution >= 4 is 5.97 Å². The maximum Gasteiger partial charge on any atom is 0.339 e. The number of carbonyl (C=O) groups is 1. The molecule has 0 bridgehead atoms. The largest absolute Gasteiger partial charge is 0.463 e. The van der Waals surface area contributed by atoms with Gasteiger partial charge in [-0.05, 0) is 44.0 Å². The Labute approximate surface area is 112 Å². The van der Waals surface area contributed by atoms with Gasteiger partial charge in [0.25, 0.3) is 0 Å². The first kappa shape index (κ1) is 13.3. The minimum Gasteiger partial charge on any atom is -0.463 e. The Morgan fingerprint density at radius 1 is 1.42 bits per heavy atom. The molecule has 0 atom stereocenters. The number of furan rings is 1. The van der Waals surface area contributed by atoms with Crippen LogP contribution in [0.25, 0.3) is 11.5 Å². The monoisotopic (exact) mass is 259 g/mol. The van der Waals surface area contributed by atoms with Gasteiger partial charge in [-0.1, -0.05) is 6.92 Å². The molecule has 4 nitrogen and oxygen atoms in total. The van der Waals surface area contributed by atoms with Crippen LogP contribution in [-0.2, 0) is 11.2 Å². The van der Waals surface area contributed by atoms with E-state index in [4.69, 9.17) is 9.15 Å². The fourth-order valence-electron chi connectivity index (χ4n) is 1.97. The van der Waals surface area contributed by atoms with E-state index >= 15 is 0 Å². The van der Waals surface area contributed by atoms with Crippen LogP contribution >= 0.6 is 0 Å². The lowest BCUT2D eigenvalue weighted by molar-refractivity contribution is 0.0524. The average Bonchev–Trinajstić information content (AvgIpc) is 2.92. The third-order valence-corrected chi connectivity index (χ3v) is 2.88. The number of nitrogens with zero attached hydrogens (tertiary/aromatic N) is 1. The lowest BCUT2D eigenvalue weighted by Gasteiger charge is -2.10. The van der Waals surface area contributed by atoms with Crippen LogP contribution < -0.4 is 0 Å². The molecule has 0 unspecified atom stereocenters. The number of pyridine rings is 1. The maximum atomic E-state index is 11.9. The normalized spacial score (nSPS) is 10.5. The van der Waals surface area contributed by atoms with E-state index in [1.54, 1.807) is 13.2 Å². The summed E-state index contributed by atoms with van der Waals surface area (Å²) in [5.74, 6) is 0.392. The third kappa shape index (κ3) is 2.67. The van der Waals surface area contributed by atoms with Gasteiger partial charge in [-0.15, -0.1) is 0 Å². The number of carbonyl (C=O) groups excluding carboxylic acids is 1. The van der Waals surface area contributed by atoms with E-state index in [1.807, 2.05) is 32.0 Å². The first-order valence-electron chi connectivity index (χ1n) is 6.38. The van der Waals surface area contributed by atoms with Crippen molar-refractivity contribution in [2.24, 2.45) is 0 Å². The van der Waals surface area contributed by atoms with Crippen molar-refractivity contribution in [2.45, 2.75) is 27.2 Å². The number of esters is 1. The molecule has 2 heterocycles. The van der Waals surface area contributed by atoms with Crippen LogP contribution in [0.5, 0.6) is 0 Å². The molecule has 2 aromatic heterocycles. The summed E-state index contributed by atoms with van der Waals surface area (Å²) in [6.45, 7) is 6.03. The lowest BCUT2D eigenvalue weighted by atomic mass is 10.1. The number of aromatic nitrogens is 1. The quantitative estimate of drug-likeness (QED) is 0.790. The highest BCUT2D eigenvalue weighted by Gasteiger charge is 2.17. The molecule has 100 valence electrons. The maximum absolute atomic E-state index is 11.9. The lowest BCUT2D eigenvalue weighted by Crippen LogP contribution is -2.10. The van der Waals surface area contributed by atoms with Gasteiger partial charge in [0.2, 0.25) is 0 Å². The molecule has 4 heteroatoms. The molecule has 2 rings (SSSR count). The molecular formula is C15H17NO3. The number of ether oxygens (including phenoxy) is 1. The van der Waals surface area contributed by atoms with Crippen molar-refractivity contribution in [2.75, 3.05) is 6.61 Å². The van der Waals surface area contributed by atoms with Gasteiger partial charge in [0.1, 0.15) is 5.69 Å². The molecule has 0 amide bonds. The van der Waals surface area contributed by atoms with E-state index in [-0.39, 0.29) is 5.97 Å². The summed E-state index contributed by atoms with van der Waals surface area (Å²) >= 11 is 0. The van der Waals surface area contributed by atoms with Gasteiger partial charge in [-0.25, -0.2) is 9.78 Å². The van der Waals surface area contributed by atoms with Crippen LogP contribution in [0.15, 0.2) is 28.9 Å². The molecule has 0 spiro atoms. The first-order chi connectivity index (χ1) is 9.17. The molecular weight excluding hydrogens is 242 g/mol. The molecule has 0 N–H and O–H groups in total. The highest BCUT2D eigenvalue weighted by Crippen LogP contribution is 2.24. The number of aryl methyl sites for hydroxylation is 2. The molecule has 2 aromatic rings. The summed E-state index contributed by atoms with van der Waals surface area (Å²) in [7, 11) is 0. The molecule has 0 saturated heterocycles. The molecule has 0 radical (unpaired) electrons. The van der Waals surface area contributed by atoms with E-state index in [0.717, 1.165) is 17.0 Å². The number of hydrogen-bond acceptors (Lipinski definition) is 4. The minimum absolute atomic E-state index is 0.319. The van der Waals surface area contributed by atoms with Crippen molar-refractivity contribution in [3.63, 3.8) is 0 Å². The van der Waals surface area contributed by atoms with Crippen molar-refractivity contribution < 1.29 is 13.9 Å². The van der Waals surface area contributed by atoms with E-state index in [1.165, 1.54) is 0 Å². The Morgan fingerprint density at radius 2 is 2.21 bits per heavy atom. The summed E-state index contributed by atoms with van der Waals surface area (Å²) in [6.07, 6.45) is 2.28. The minimum atomic E-state index is -0.319. The van der Waals surface area contributed by atoms with Gasteiger partial charge < -0.3 is 9.15 Å². The summed E-state index contributed by atoms with van der Waals surface area (Å²) in [6, 6.07) is 5.50. The van der Waals surface area contributed by atoms with E-state index in [0.29, 0.717) is 24.4 Å². The van der Waals surface area contributed by atoms with Gasteiger partial charge in [-0.2, -0.15) is 0 Å². The van der Waals surface area contributed by atoms with E-state index in [9.17, 15) is 4.79 Å². The summed E-state index contributed by atoms with van der Waals surface area (Å²) in [4.78, 5) is 16.4. The zero-order valence-corrected chi connectivity index (χ0v) is 11.4. The second-order valence-electron chi connectivity index (χ2n) is 4.20. The Balaban J connectivity index is 2.49. The summed E-state index contributed by atoms with van der Waals surface area (Å²) < 4.78 is 10.4. The molecule has 0 aliphatic heterocycles. The Morgan fingerprint density at radius 3 is 2.79 bits per heavy atom. The van der Waals surface area contributed by atoms with Crippen molar-refractivity contribution in [1.29, 1.82) is 0 Å². The molecule has 0 aliphatic carbocycles. The summed E-state index contributed by atoms with van der Waals surface area (Å²) in [5.41, 5.74) is 2.94. The van der Waals surface area contributed by atoms with Gasteiger partial charge >= 0.3 is 5.97 Å². The predicted octanol–water partition coefficient (Wildman–Crippen LogP) is 3.39. The van der Waals surface area contributed by atoms with Crippen LogP contribution in [-0.4, -0.2) is 17.6 Å². The average molecular weight is 259 g/mol. The molecule has 0 fully saturated rings. The van der Waals surface area contributed by atoms with Crippen LogP contribution in [0.4, 0.5) is 0 Å². The van der Waals surface area contributed by atoms with Crippen LogP contribution in [0.2, 0.25) is 0 Å². The Hall–Kier alpha value is -2.10. The fourth-order valence-corrected chi connectivity index (χ4v) is 1.97. The van der Waals surface area contributed by atoms with Gasteiger partial charge in [0.15, 0.2) is 5.76 Å². The molecule has 0 aliphatic rings. The van der Waals surface area contributed by atoms with Crippen molar-refractivity contribution in [3.05, 3.63) is 41.3 Å². The van der Waals surface area contributed by atoms with Crippen LogP contribution in [0.3, 0.4) is 0 Å². The number of hydrogen-bond donors (Lipinski definition) is 0. The fraction of sp³-hybridized carbons (Fsp3) is 0.333. The zero-order valence-electron chi connectivity index (χ0n) is 11.4. The van der Waals surface area contributed by atoms with Crippen LogP contribution in [0, 0.1) is 6.92 Å². The molecule has 0 aromatic carbocycles. The van der Waals surface area contributed by atoms with Crippen molar-refractivity contribution in [3.8, 4) is 11.5 Å². The predicted molar refractivity (Wildman–Crippen MR) is 72.0 cm³/mol. The summed E-state index contributed by atoms with van der Waals surface area (Å²) in [5, 5.41) is 0. The standard InChI is InChI=1S/C15H17NO3/c1-4-12-11(15(17)18-5-2)9-10(3)14(16-12)13-7-6-8-19-13/h6-9H,4-5H2,1-3H3. The molecule has 19 heavy (non-hydrogen) atoms. The third-order valence-electron chi connectivity index (χ3n) is 2.88. The van der Waals surface area contributed by atoms with E-state index < -0.39 is 0 Å². The zero-order chi connectivity index (χ0) is 13.8.